The van der Waals surface area contributed by atoms with Crippen LogP contribution in [-0.2, 0) is 22.6 Å². The molecule has 0 aliphatic carbocycles. The number of nitrogens with one attached hydrogen (secondary N) is 1. The Morgan fingerprint density at radius 3 is 2.24 bits per heavy atom. The van der Waals surface area contributed by atoms with Crippen LogP contribution in [0.2, 0.25) is 10.0 Å². The van der Waals surface area contributed by atoms with Crippen LogP contribution in [0.3, 0.4) is 0 Å². The Bertz CT molecular complexity index is 1080. The lowest BCUT2D eigenvalue weighted by molar-refractivity contribution is -0.140. The summed E-state index contributed by atoms with van der Waals surface area (Å²) < 4.78 is 0. The summed E-state index contributed by atoms with van der Waals surface area (Å²) in [5.74, 6) is 0.367. The van der Waals surface area contributed by atoms with Crippen molar-refractivity contribution in [3.8, 4) is 0 Å². The van der Waals surface area contributed by atoms with Gasteiger partial charge in [0.2, 0.25) is 11.8 Å². The number of hydrogen-bond donors (Lipinski definition) is 1. The van der Waals surface area contributed by atoms with Gasteiger partial charge in [0.1, 0.15) is 6.04 Å². The van der Waals surface area contributed by atoms with E-state index in [9.17, 15) is 9.59 Å². The van der Waals surface area contributed by atoms with Crippen molar-refractivity contribution in [2.75, 3.05) is 12.3 Å². The second-order valence-corrected chi connectivity index (χ2v) is 9.76. The van der Waals surface area contributed by atoms with Gasteiger partial charge in [-0.05, 0) is 42.3 Å². The third-order valence-electron chi connectivity index (χ3n) is 5.29. The number of hydrogen-bond acceptors (Lipinski definition) is 3. The van der Waals surface area contributed by atoms with E-state index in [1.54, 1.807) is 28.8 Å². The largest absolute Gasteiger partial charge is 0.355 e. The van der Waals surface area contributed by atoms with E-state index in [0.717, 1.165) is 16.0 Å². The van der Waals surface area contributed by atoms with Crippen LogP contribution in [0.25, 0.3) is 0 Å². The highest BCUT2D eigenvalue weighted by Gasteiger charge is 2.30. The lowest BCUT2D eigenvalue weighted by Crippen LogP contribution is -2.50. The molecule has 0 saturated heterocycles. The summed E-state index contributed by atoms with van der Waals surface area (Å²) in [6, 6.07) is 24.4. The summed E-state index contributed by atoms with van der Waals surface area (Å²) in [5, 5.41) is 3.78. The molecule has 34 heavy (non-hydrogen) atoms. The van der Waals surface area contributed by atoms with Gasteiger partial charge in [0.15, 0.2) is 0 Å². The zero-order valence-corrected chi connectivity index (χ0v) is 21.4. The predicted octanol–water partition coefficient (Wildman–Crippen LogP) is 6.25. The van der Waals surface area contributed by atoms with Crippen LogP contribution in [0, 0.1) is 0 Å². The van der Waals surface area contributed by atoms with Crippen LogP contribution < -0.4 is 5.32 Å². The number of likely N-dealkylation sites (N-methyl/N-ethyl adjacent to an activating group) is 1. The maximum atomic E-state index is 13.5. The molecule has 0 heterocycles. The number of nitrogens with zero attached hydrogens (tertiary/aromatic N) is 1. The fraction of sp³-hybridized carbons (Fsp3) is 0.259. The first-order chi connectivity index (χ1) is 16.5. The number of thioether (sulfide) groups is 1. The number of benzene rings is 3. The molecule has 1 N–H and O–H groups in total. The zero-order chi connectivity index (χ0) is 24.3. The minimum absolute atomic E-state index is 0.0818. The molecule has 0 spiro atoms. The highest BCUT2D eigenvalue weighted by Crippen LogP contribution is 2.25. The van der Waals surface area contributed by atoms with Crippen molar-refractivity contribution in [1.82, 2.24) is 10.2 Å². The van der Waals surface area contributed by atoms with Crippen molar-refractivity contribution in [2.24, 2.45) is 0 Å². The second-order valence-electron chi connectivity index (χ2n) is 7.78. The molecule has 3 aromatic carbocycles. The fourth-order valence-electron chi connectivity index (χ4n) is 3.60. The summed E-state index contributed by atoms with van der Waals surface area (Å²) in [4.78, 5) is 29.4. The molecule has 3 aromatic rings. The van der Waals surface area contributed by atoms with E-state index < -0.39 is 6.04 Å². The Labute approximate surface area is 215 Å². The second kappa shape index (κ2) is 13.4. The van der Waals surface area contributed by atoms with Crippen LogP contribution in [0.1, 0.15) is 24.5 Å². The molecule has 0 fully saturated rings. The van der Waals surface area contributed by atoms with Crippen LogP contribution in [0.5, 0.6) is 0 Å². The minimum Gasteiger partial charge on any atom is -0.355 e. The van der Waals surface area contributed by atoms with Crippen molar-refractivity contribution in [3.63, 3.8) is 0 Å². The lowest BCUT2D eigenvalue weighted by atomic mass is 10.0. The van der Waals surface area contributed by atoms with Gasteiger partial charge in [-0.2, -0.15) is 0 Å². The average Bonchev–Trinajstić information content (AvgIpc) is 2.85. The van der Waals surface area contributed by atoms with Gasteiger partial charge in [0.05, 0.1) is 10.0 Å². The average molecular weight is 516 g/mol. The van der Waals surface area contributed by atoms with Gasteiger partial charge in [0.25, 0.3) is 0 Å². The number of amides is 2. The minimum atomic E-state index is -0.647. The summed E-state index contributed by atoms with van der Waals surface area (Å²) in [6.45, 7) is 2.63. The smallest absolute Gasteiger partial charge is 0.243 e. The standard InChI is InChI=1S/C27H28Cl2N2O2S/c1-2-30-27(33)25(18-20-9-5-3-6-10-20)31(19-21-13-14-23(28)24(29)17-21)26(32)15-16-34-22-11-7-4-8-12-22/h3-14,17,25H,2,15-16,18-19H2,1H3,(H,30,33). The molecule has 7 heteroatoms. The first-order valence-corrected chi connectivity index (χ1v) is 12.9. The van der Waals surface area contributed by atoms with E-state index in [1.807, 2.05) is 73.7 Å². The molecular formula is C27H28Cl2N2O2S. The van der Waals surface area contributed by atoms with E-state index in [4.69, 9.17) is 23.2 Å². The van der Waals surface area contributed by atoms with Gasteiger partial charge >= 0.3 is 0 Å². The number of halogens is 2. The maximum absolute atomic E-state index is 13.5. The van der Waals surface area contributed by atoms with Gasteiger partial charge in [-0.1, -0.05) is 77.8 Å². The third kappa shape index (κ3) is 7.79. The summed E-state index contributed by atoms with van der Waals surface area (Å²) in [6.07, 6.45) is 0.733. The molecule has 4 nitrogen and oxygen atoms in total. The first kappa shape index (κ1) is 26.1. The summed E-state index contributed by atoms with van der Waals surface area (Å²) >= 11 is 13.9. The van der Waals surface area contributed by atoms with Crippen LogP contribution in [-0.4, -0.2) is 35.1 Å². The molecule has 0 aliphatic rings. The van der Waals surface area contributed by atoms with Gasteiger partial charge in [-0.25, -0.2) is 0 Å². The molecule has 2 amide bonds. The Morgan fingerprint density at radius 1 is 0.912 bits per heavy atom. The highest BCUT2D eigenvalue weighted by molar-refractivity contribution is 7.99. The van der Waals surface area contributed by atoms with Gasteiger partial charge < -0.3 is 10.2 Å². The quantitative estimate of drug-likeness (QED) is 0.307. The van der Waals surface area contributed by atoms with E-state index in [-0.39, 0.29) is 18.4 Å². The van der Waals surface area contributed by atoms with Gasteiger partial charge in [0, 0.05) is 36.6 Å². The van der Waals surface area contributed by atoms with Crippen molar-refractivity contribution in [1.29, 1.82) is 0 Å². The Morgan fingerprint density at radius 2 is 1.59 bits per heavy atom. The Balaban J connectivity index is 1.85. The topological polar surface area (TPSA) is 49.4 Å². The SMILES string of the molecule is CCNC(=O)C(Cc1ccccc1)N(Cc1ccc(Cl)c(Cl)c1)C(=O)CCSc1ccccc1. The summed E-state index contributed by atoms with van der Waals surface area (Å²) in [5.41, 5.74) is 1.81. The van der Waals surface area contributed by atoms with Gasteiger partial charge in [-0.15, -0.1) is 11.8 Å². The zero-order valence-electron chi connectivity index (χ0n) is 19.0. The molecule has 1 unspecified atom stereocenters. The maximum Gasteiger partial charge on any atom is 0.243 e. The van der Waals surface area contributed by atoms with Crippen LogP contribution >= 0.6 is 35.0 Å². The summed E-state index contributed by atoms with van der Waals surface area (Å²) in [7, 11) is 0. The van der Waals surface area contributed by atoms with Crippen molar-refractivity contribution < 1.29 is 9.59 Å². The first-order valence-electron chi connectivity index (χ1n) is 11.2. The molecule has 3 rings (SSSR count). The van der Waals surface area contributed by atoms with Crippen LogP contribution in [0.15, 0.2) is 83.8 Å². The van der Waals surface area contributed by atoms with E-state index >= 15 is 0 Å². The monoisotopic (exact) mass is 514 g/mol. The van der Waals surface area contributed by atoms with Crippen LogP contribution in [0.4, 0.5) is 0 Å². The predicted molar refractivity (Wildman–Crippen MR) is 141 cm³/mol. The molecule has 1 atom stereocenters. The van der Waals surface area contributed by atoms with E-state index in [1.165, 1.54) is 0 Å². The molecule has 0 bridgehead atoms. The molecular weight excluding hydrogens is 487 g/mol. The van der Waals surface area contributed by atoms with E-state index in [2.05, 4.69) is 5.32 Å². The molecule has 0 aliphatic heterocycles. The highest BCUT2D eigenvalue weighted by atomic mass is 35.5. The molecule has 0 saturated carbocycles. The normalized spacial score (nSPS) is 11.6. The lowest BCUT2D eigenvalue weighted by Gasteiger charge is -2.31. The number of carbonyl (C=O) groups is 2. The molecule has 178 valence electrons. The van der Waals surface area contributed by atoms with Crippen molar-refractivity contribution in [2.45, 2.75) is 37.2 Å². The Hall–Kier alpha value is -2.47. The number of carbonyl (C=O) groups excluding carboxylic acids is 2. The van der Waals surface area contributed by atoms with E-state index in [0.29, 0.717) is 35.2 Å². The van der Waals surface area contributed by atoms with Gasteiger partial charge in [-0.3, -0.25) is 9.59 Å². The van der Waals surface area contributed by atoms with Crippen molar-refractivity contribution in [3.05, 3.63) is 100 Å². The third-order valence-corrected chi connectivity index (χ3v) is 7.04. The molecule has 0 aromatic heterocycles. The van der Waals surface area contributed by atoms with Crippen molar-refractivity contribution >= 4 is 46.8 Å². The Kier molecular flexibility index (Phi) is 10.3. The number of rotatable bonds is 11. The fourth-order valence-corrected chi connectivity index (χ4v) is 4.78. The molecule has 0 radical (unpaired) electrons.